The van der Waals surface area contributed by atoms with E-state index in [0.717, 1.165) is 5.56 Å². The summed E-state index contributed by atoms with van der Waals surface area (Å²) in [5, 5.41) is 12.6. The lowest BCUT2D eigenvalue weighted by Gasteiger charge is -2.17. The number of rotatable bonds is 1. The summed E-state index contributed by atoms with van der Waals surface area (Å²) in [4.78, 5) is 0. The van der Waals surface area contributed by atoms with Crippen LogP contribution in [0, 0.1) is 0 Å². The Hall–Kier alpha value is -1.38. The maximum Gasteiger partial charge on any atom is 0.0840 e. The van der Waals surface area contributed by atoms with Crippen molar-refractivity contribution in [1.29, 1.82) is 0 Å². The van der Waals surface area contributed by atoms with Crippen molar-refractivity contribution < 1.29 is 5.11 Å². The van der Waals surface area contributed by atoms with E-state index in [-0.39, 0.29) is 0 Å². The molecule has 0 bridgehead atoms. The van der Waals surface area contributed by atoms with Crippen LogP contribution in [0.5, 0.6) is 0 Å². The molecule has 17 heavy (non-hydrogen) atoms. The average Bonchev–Trinajstić information content (AvgIpc) is 2.65. The fraction of sp³-hybridized carbons (Fsp3) is 0.200. The van der Waals surface area contributed by atoms with E-state index in [4.69, 9.17) is 0 Å². The number of benzene rings is 2. The summed E-state index contributed by atoms with van der Waals surface area (Å²) in [6.07, 6.45) is 0. The predicted molar refractivity (Wildman–Crippen MR) is 74.6 cm³/mol. The predicted octanol–water partition coefficient (Wildman–Crippen LogP) is 4.28. The number of hydrogen-bond donors (Lipinski definition) is 1. The molecule has 1 aromatic heterocycles. The van der Waals surface area contributed by atoms with Gasteiger partial charge in [-0.3, -0.25) is 0 Å². The first-order valence-corrected chi connectivity index (χ1v) is 6.51. The van der Waals surface area contributed by atoms with Crippen molar-refractivity contribution in [1.82, 2.24) is 0 Å². The van der Waals surface area contributed by atoms with Crippen molar-refractivity contribution in [2.24, 2.45) is 0 Å². The highest BCUT2D eigenvalue weighted by molar-refractivity contribution is 7.25. The van der Waals surface area contributed by atoms with Crippen molar-refractivity contribution in [2.75, 3.05) is 0 Å². The van der Waals surface area contributed by atoms with Gasteiger partial charge in [-0.25, -0.2) is 0 Å². The molecule has 0 spiro atoms. The molecule has 3 aromatic rings. The third-order valence-corrected chi connectivity index (χ3v) is 4.23. The molecule has 0 unspecified atom stereocenters. The average molecular weight is 242 g/mol. The lowest BCUT2D eigenvalue weighted by atomic mass is 9.97. The summed E-state index contributed by atoms with van der Waals surface area (Å²) in [6.45, 7) is 3.64. The van der Waals surface area contributed by atoms with Gasteiger partial charge in [0.05, 0.1) is 5.60 Å². The van der Waals surface area contributed by atoms with E-state index in [1.807, 2.05) is 19.9 Å². The number of hydrogen-bond acceptors (Lipinski definition) is 2. The van der Waals surface area contributed by atoms with Gasteiger partial charge in [-0.1, -0.05) is 24.3 Å². The molecule has 0 aliphatic rings. The molecule has 1 N–H and O–H groups in total. The Balaban J connectivity index is 2.38. The number of thiophene rings is 1. The van der Waals surface area contributed by atoms with Crippen LogP contribution in [0.2, 0.25) is 0 Å². The van der Waals surface area contributed by atoms with E-state index in [1.54, 1.807) is 11.3 Å². The molecule has 0 saturated carbocycles. The molecule has 2 heteroatoms. The minimum Gasteiger partial charge on any atom is -0.386 e. The van der Waals surface area contributed by atoms with E-state index in [9.17, 15) is 5.11 Å². The summed E-state index contributed by atoms with van der Waals surface area (Å²) in [5.74, 6) is 0. The molecule has 0 fully saturated rings. The van der Waals surface area contributed by atoms with Crippen LogP contribution in [0.15, 0.2) is 42.5 Å². The molecule has 1 heterocycles. The summed E-state index contributed by atoms with van der Waals surface area (Å²) in [7, 11) is 0. The second kappa shape index (κ2) is 3.56. The largest absolute Gasteiger partial charge is 0.386 e. The maximum atomic E-state index is 10.1. The van der Waals surface area contributed by atoms with Crippen molar-refractivity contribution in [2.45, 2.75) is 19.4 Å². The van der Waals surface area contributed by atoms with Crippen LogP contribution in [-0.2, 0) is 5.60 Å². The lowest BCUT2D eigenvalue weighted by Crippen LogP contribution is -2.14. The molecule has 0 atom stereocenters. The molecule has 0 saturated heterocycles. The van der Waals surface area contributed by atoms with E-state index < -0.39 is 5.60 Å². The first kappa shape index (κ1) is 10.8. The first-order chi connectivity index (χ1) is 8.05. The second-order valence-electron chi connectivity index (χ2n) is 4.87. The van der Waals surface area contributed by atoms with Crippen LogP contribution in [-0.4, -0.2) is 5.11 Å². The van der Waals surface area contributed by atoms with Crippen LogP contribution in [0.4, 0.5) is 0 Å². The molecule has 0 aliphatic carbocycles. The summed E-state index contributed by atoms with van der Waals surface area (Å²) >= 11 is 1.80. The van der Waals surface area contributed by atoms with E-state index >= 15 is 0 Å². The molecule has 0 aliphatic heterocycles. The lowest BCUT2D eigenvalue weighted by molar-refractivity contribution is 0.0787. The van der Waals surface area contributed by atoms with Gasteiger partial charge in [-0.05, 0) is 37.6 Å². The zero-order chi connectivity index (χ0) is 12.0. The van der Waals surface area contributed by atoms with Gasteiger partial charge in [0.25, 0.3) is 0 Å². The van der Waals surface area contributed by atoms with Gasteiger partial charge in [0.2, 0.25) is 0 Å². The highest BCUT2D eigenvalue weighted by atomic mass is 32.1. The standard InChI is InChI=1S/C15H14OS/c1-15(2,16)10-7-8-14-12(9-10)11-5-3-4-6-13(11)17-14/h3-9,16H,1-2H3. The number of aliphatic hydroxyl groups is 1. The van der Waals surface area contributed by atoms with Gasteiger partial charge in [-0.2, -0.15) is 0 Å². The topological polar surface area (TPSA) is 20.2 Å². The summed E-state index contributed by atoms with van der Waals surface area (Å²) in [6, 6.07) is 14.6. The normalized spacial score (nSPS) is 12.4. The van der Waals surface area contributed by atoms with Crippen LogP contribution < -0.4 is 0 Å². The molecule has 86 valence electrons. The van der Waals surface area contributed by atoms with Crippen molar-refractivity contribution in [3.63, 3.8) is 0 Å². The Bertz CT molecular complexity index is 689. The smallest absolute Gasteiger partial charge is 0.0840 e. The van der Waals surface area contributed by atoms with Crippen molar-refractivity contribution in [3.05, 3.63) is 48.0 Å². The highest BCUT2D eigenvalue weighted by Gasteiger charge is 2.17. The molecule has 3 rings (SSSR count). The second-order valence-corrected chi connectivity index (χ2v) is 5.95. The van der Waals surface area contributed by atoms with E-state index in [2.05, 4.69) is 36.4 Å². The van der Waals surface area contributed by atoms with Crippen LogP contribution in [0.3, 0.4) is 0 Å². The molecular formula is C15H14OS. The third-order valence-electron chi connectivity index (χ3n) is 3.08. The van der Waals surface area contributed by atoms with Gasteiger partial charge in [-0.15, -0.1) is 11.3 Å². The van der Waals surface area contributed by atoms with Gasteiger partial charge >= 0.3 is 0 Å². The van der Waals surface area contributed by atoms with Crippen molar-refractivity contribution in [3.8, 4) is 0 Å². The zero-order valence-electron chi connectivity index (χ0n) is 9.90. The van der Waals surface area contributed by atoms with E-state index in [0.29, 0.717) is 0 Å². The Morgan fingerprint density at radius 3 is 2.41 bits per heavy atom. The van der Waals surface area contributed by atoms with E-state index in [1.165, 1.54) is 20.2 Å². The highest BCUT2D eigenvalue weighted by Crippen LogP contribution is 2.35. The Kier molecular flexibility index (Phi) is 2.25. The quantitative estimate of drug-likeness (QED) is 0.675. The van der Waals surface area contributed by atoms with Gasteiger partial charge in [0, 0.05) is 20.2 Å². The third kappa shape index (κ3) is 1.74. The molecule has 2 aromatic carbocycles. The maximum absolute atomic E-state index is 10.1. The van der Waals surface area contributed by atoms with Gasteiger partial charge in [0.1, 0.15) is 0 Å². The molecule has 0 amide bonds. The Morgan fingerprint density at radius 2 is 1.65 bits per heavy atom. The minimum atomic E-state index is -0.781. The van der Waals surface area contributed by atoms with Crippen LogP contribution in [0.1, 0.15) is 19.4 Å². The van der Waals surface area contributed by atoms with Crippen molar-refractivity contribution >= 4 is 31.5 Å². The summed E-state index contributed by atoms with van der Waals surface area (Å²) in [5.41, 5.74) is 0.186. The molecular weight excluding hydrogens is 228 g/mol. The minimum absolute atomic E-state index is 0.781. The molecule has 1 nitrogen and oxygen atoms in total. The zero-order valence-corrected chi connectivity index (χ0v) is 10.7. The first-order valence-electron chi connectivity index (χ1n) is 5.70. The van der Waals surface area contributed by atoms with Gasteiger partial charge < -0.3 is 5.11 Å². The monoisotopic (exact) mass is 242 g/mol. The Labute approximate surface area is 104 Å². The van der Waals surface area contributed by atoms with Gasteiger partial charge in [0.15, 0.2) is 0 Å². The SMILES string of the molecule is CC(C)(O)c1ccc2sc3ccccc3c2c1. The molecule has 0 radical (unpaired) electrons. The van der Waals surface area contributed by atoms with Crippen LogP contribution >= 0.6 is 11.3 Å². The Morgan fingerprint density at radius 1 is 0.941 bits per heavy atom. The summed E-state index contributed by atoms with van der Waals surface area (Å²) < 4.78 is 2.58. The number of fused-ring (bicyclic) bond motifs is 3. The van der Waals surface area contributed by atoms with Crippen LogP contribution in [0.25, 0.3) is 20.2 Å². The fourth-order valence-corrected chi connectivity index (χ4v) is 3.19. The fourth-order valence-electron chi connectivity index (χ4n) is 2.11.